The van der Waals surface area contributed by atoms with E-state index in [1.165, 1.54) is 5.39 Å². The van der Waals surface area contributed by atoms with Gasteiger partial charge in [0.2, 0.25) is 5.91 Å². The largest absolute Gasteiger partial charge is 0.373 e. The van der Waals surface area contributed by atoms with Gasteiger partial charge in [-0.25, -0.2) is 15.4 Å². The first-order valence-corrected chi connectivity index (χ1v) is 12.0. The summed E-state index contributed by atoms with van der Waals surface area (Å²) >= 11 is 0. The third kappa shape index (κ3) is 4.45. The molecule has 2 aliphatic rings. The van der Waals surface area contributed by atoms with Crippen LogP contribution < -0.4 is 21.5 Å². The van der Waals surface area contributed by atoms with Crippen LogP contribution in [0.3, 0.4) is 0 Å². The number of carbonyl (C=O) groups is 1. The maximum atomic E-state index is 13.4. The van der Waals surface area contributed by atoms with Gasteiger partial charge in [0.25, 0.3) is 0 Å². The molecule has 2 aromatic heterocycles. The zero-order valence-corrected chi connectivity index (χ0v) is 19.5. The lowest BCUT2D eigenvalue weighted by molar-refractivity contribution is -0.124. The maximum Gasteiger partial charge on any atom is 0.239 e. The van der Waals surface area contributed by atoms with E-state index in [2.05, 4.69) is 57.4 Å². The quantitative estimate of drug-likeness (QED) is 0.363. The molecule has 1 aliphatic carbocycles. The van der Waals surface area contributed by atoms with Crippen molar-refractivity contribution >= 4 is 22.6 Å². The van der Waals surface area contributed by atoms with Gasteiger partial charge in [-0.2, -0.15) is 0 Å². The summed E-state index contributed by atoms with van der Waals surface area (Å²) in [5.74, 6) is 2.28. The number of carbonyl (C=O) groups excluding carboxylic acids is 1. The molecule has 1 saturated heterocycles. The first-order valence-electron chi connectivity index (χ1n) is 12.0. The van der Waals surface area contributed by atoms with Crippen LogP contribution in [0.1, 0.15) is 62.2 Å². The highest BCUT2D eigenvalue weighted by Gasteiger charge is 2.37. The number of H-pyrrole nitrogens is 1. The number of rotatable bonds is 8. The number of aromatic nitrogens is 3. The molecule has 1 aromatic carbocycles. The van der Waals surface area contributed by atoms with Crippen molar-refractivity contribution in [2.75, 3.05) is 12.4 Å². The van der Waals surface area contributed by atoms with Crippen molar-refractivity contribution in [2.24, 2.45) is 5.92 Å². The maximum absolute atomic E-state index is 13.4. The lowest BCUT2D eigenvalue weighted by Crippen LogP contribution is -2.46. The second kappa shape index (κ2) is 9.11. The number of para-hydroxylation sites is 1. The Bertz CT molecular complexity index is 1140. The van der Waals surface area contributed by atoms with Gasteiger partial charge in [0, 0.05) is 48.6 Å². The van der Waals surface area contributed by atoms with Gasteiger partial charge in [-0.05, 0) is 36.8 Å². The second-order valence-electron chi connectivity index (χ2n) is 9.33. The molecule has 1 saturated carbocycles. The van der Waals surface area contributed by atoms with Crippen molar-refractivity contribution in [3.05, 3.63) is 53.6 Å². The van der Waals surface area contributed by atoms with E-state index in [4.69, 9.17) is 4.98 Å². The number of amides is 1. The van der Waals surface area contributed by atoms with Gasteiger partial charge in [-0.3, -0.25) is 10.2 Å². The smallest absolute Gasteiger partial charge is 0.239 e. The fraction of sp³-hybridized carbons (Fsp3) is 0.480. The second-order valence-corrected chi connectivity index (χ2v) is 9.33. The van der Waals surface area contributed by atoms with Crippen LogP contribution in [0.5, 0.6) is 0 Å². The van der Waals surface area contributed by atoms with Gasteiger partial charge in [-0.1, -0.05) is 32.0 Å². The van der Waals surface area contributed by atoms with E-state index in [1.54, 1.807) is 0 Å². The van der Waals surface area contributed by atoms with Crippen LogP contribution >= 0.6 is 0 Å². The zero-order chi connectivity index (χ0) is 22.9. The van der Waals surface area contributed by atoms with Gasteiger partial charge >= 0.3 is 0 Å². The van der Waals surface area contributed by atoms with Crippen molar-refractivity contribution in [2.45, 2.75) is 63.6 Å². The van der Waals surface area contributed by atoms with Gasteiger partial charge in [-0.15, -0.1) is 0 Å². The highest BCUT2D eigenvalue weighted by molar-refractivity contribution is 5.84. The third-order valence-corrected chi connectivity index (χ3v) is 7.04. The van der Waals surface area contributed by atoms with Crippen molar-refractivity contribution < 1.29 is 4.79 Å². The van der Waals surface area contributed by atoms with E-state index < -0.39 is 0 Å². The summed E-state index contributed by atoms with van der Waals surface area (Å²) in [4.78, 5) is 26.3. The number of anilines is 1. The Morgan fingerprint density at radius 1 is 1.21 bits per heavy atom. The molecule has 0 radical (unpaired) electrons. The summed E-state index contributed by atoms with van der Waals surface area (Å²) in [7, 11) is 1.87. The Hall–Kier alpha value is -2.97. The number of hydrogen-bond donors (Lipinski definition) is 5. The molecule has 1 aliphatic heterocycles. The van der Waals surface area contributed by atoms with Crippen LogP contribution in [0.25, 0.3) is 10.9 Å². The van der Waals surface area contributed by atoms with Crippen LogP contribution in [-0.4, -0.2) is 40.0 Å². The molecule has 5 rings (SSSR count). The lowest BCUT2D eigenvalue weighted by Gasteiger charge is -2.23. The van der Waals surface area contributed by atoms with Gasteiger partial charge in [0.1, 0.15) is 17.7 Å². The summed E-state index contributed by atoms with van der Waals surface area (Å²) < 4.78 is 0. The normalized spacial score (nSPS) is 23.5. The minimum atomic E-state index is -0.283. The molecular weight excluding hydrogens is 414 g/mol. The predicted octanol–water partition coefficient (Wildman–Crippen LogP) is 3.17. The molecule has 0 bridgehead atoms. The standard InChI is InChI=1S/C25H33N7O/c1-4-18-14(2)23(32-31-18)25(33)29-20(11-16-13-27-19-8-6-5-7-17(16)19)21-12-22(26-3)30-24(28-21)15-9-10-15/h5-8,12-15,18,20,23,27,31-32H,4,9-11H2,1-3H3,(H,29,33)(H,26,28,30). The number of fused-ring (bicyclic) bond motifs is 1. The molecule has 8 heteroatoms. The fourth-order valence-electron chi connectivity index (χ4n) is 4.80. The van der Waals surface area contributed by atoms with Crippen molar-refractivity contribution in [1.29, 1.82) is 0 Å². The van der Waals surface area contributed by atoms with Crippen molar-refractivity contribution in [1.82, 2.24) is 31.1 Å². The van der Waals surface area contributed by atoms with Gasteiger partial charge in [0.15, 0.2) is 0 Å². The highest BCUT2D eigenvalue weighted by atomic mass is 16.2. The molecule has 4 unspecified atom stereocenters. The summed E-state index contributed by atoms with van der Waals surface area (Å²) in [5.41, 5.74) is 9.57. The van der Waals surface area contributed by atoms with Crippen molar-refractivity contribution in [3.63, 3.8) is 0 Å². The van der Waals surface area contributed by atoms with Crippen molar-refractivity contribution in [3.8, 4) is 0 Å². The Labute approximate surface area is 194 Å². The molecule has 3 aromatic rings. The molecular formula is C25H33N7O. The number of hydrogen-bond acceptors (Lipinski definition) is 6. The summed E-state index contributed by atoms with van der Waals surface area (Å²) in [6.07, 6.45) is 5.90. The monoisotopic (exact) mass is 447 g/mol. The van der Waals surface area contributed by atoms with E-state index in [-0.39, 0.29) is 30.0 Å². The minimum Gasteiger partial charge on any atom is -0.373 e. The fourth-order valence-corrected chi connectivity index (χ4v) is 4.80. The molecule has 33 heavy (non-hydrogen) atoms. The van der Waals surface area contributed by atoms with Crippen LogP contribution in [0.2, 0.25) is 0 Å². The molecule has 3 heterocycles. The van der Waals surface area contributed by atoms with E-state index in [0.29, 0.717) is 12.3 Å². The van der Waals surface area contributed by atoms with Crippen LogP contribution in [-0.2, 0) is 11.2 Å². The number of hydrazine groups is 1. The lowest BCUT2D eigenvalue weighted by atomic mass is 9.93. The highest BCUT2D eigenvalue weighted by Crippen LogP contribution is 2.39. The Morgan fingerprint density at radius 3 is 2.76 bits per heavy atom. The van der Waals surface area contributed by atoms with Gasteiger partial charge < -0.3 is 15.6 Å². The van der Waals surface area contributed by atoms with Crippen LogP contribution in [0, 0.1) is 5.92 Å². The van der Waals surface area contributed by atoms with Crippen LogP contribution in [0.15, 0.2) is 36.5 Å². The van der Waals surface area contributed by atoms with E-state index in [0.717, 1.165) is 47.7 Å². The Morgan fingerprint density at radius 2 is 2.03 bits per heavy atom. The van der Waals surface area contributed by atoms with E-state index >= 15 is 0 Å². The number of aromatic amines is 1. The molecule has 1 amide bonds. The third-order valence-electron chi connectivity index (χ3n) is 7.04. The first-order chi connectivity index (χ1) is 16.1. The Balaban J connectivity index is 1.47. The number of nitrogens with one attached hydrogen (secondary N) is 5. The minimum absolute atomic E-state index is 0.00613. The molecule has 8 nitrogen and oxygen atoms in total. The SMILES string of the molecule is CCC1NNC(C(=O)NC(Cc2c[nH]c3ccccc23)c2cc(NC)nc(C3CC3)n2)C1C. The Kier molecular flexibility index (Phi) is 6.03. The van der Waals surface area contributed by atoms with E-state index in [1.807, 2.05) is 31.4 Å². The summed E-state index contributed by atoms with van der Waals surface area (Å²) in [6, 6.07) is 9.95. The number of nitrogens with zero attached hydrogens (tertiary/aromatic N) is 2. The summed E-state index contributed by atoms with van der Waals surface area (Å²) in [5, 5.41) is 7.66. The van der Waals surface area contributed by atoms with E-state index in [9.17, 15) is 4.79 Å². The first kappa shape index (κ1) is 21.9. The average Bonchev–Trinajstić information content (AvgIpc) is 3.52. The predicted molar refractivity (Wildman–Crippen MR) is 130 cm³/mol. The van der Waals surface area contributed by atoms with Gasteiger partial charge in [0.05, 0.1) is 11.7 Å². The molecule has 4 atom stereocenters. The average molecular weight is 448 g/mol. The molecule has 5 N–H and O–H groups in total. The molecule has 174 valence electrons. The van der Waals surface area contributed by atoms with Crippen LogP contribution in [0.4, 0.5) is 5.82 Å². The molecule has 2 fully saturated rings. The molecule has 0 spiro atoms. The number of benzene rings is 1. The topological polar surface area (TPSA) is 107 Å². The zero-order valence-electron chi connectivity index (χ0n) is 19.5. The summed E-state index contributed by atoms with van der Waals surface area (Å²) in [6.45, 7) is 4.25.